The van der Waals surface area contributed by atoms with Gasteiger partial charge in [0.05, 0.1) is 5.52 Å². The summed E-state index contributed by atoms with van der Waals surface area (Å²) in [6.45, 7) is 6.61. The number of pyridine rings is 1. The molecule has 0 aliphatic carbocycles. The third-order valence-electron chi connectivity index (χ3n) is 3.61. The van der Waals surface area contributed by atoms with Gasteiger partial charge in [-0.05, 0) is 29.5 Å². The van der Waals surface area contributed by atoms with Crippen LogP contribution >= 0.6 is 0 Å². The van der Waals surface area contributed by atoms with Gasteiger partial charge in [0, 0.05) is 17.6 Å². The average Bonchev–Trinajstić information content (AvgIpc) is 2.36. The second kappa shape index (κ2) is 4.84. The van der Waals surface area contributed by atoms with Crippen molar-refractivity contribution in [1.82, 2.24) is 4.98 Å². The predicted octanol–water partition coefficient (Wildman–Crippen LogP) is 3.53. The lowest BCUT2D eigenvalue weighted by Crippen LogP contribution is -2.23. The number of rotatable bonds is 3. The molecule has 1 aromatic carbocycles. The van der Waals surface area contributed by atoms with Crippen LogP contribution in [-0.2, 0) is 0 Å². The van der Waals surface area contributed by atoms with Crippen molar-refractivity contribution in [1.29, 1.82) is 0 Å². The van der Waals surface area contributed by atoms with Gasteiger partial charge in [0.25, 0.3) is 0 Å². The number of fused-ring (bicyclic) bond motifs is 1. The summed E-state index contributed by atoms with van der Waals surface area (Å²) >= 11 is 0. The van der Waals surface area contributed by atoms with Crippen molar-refractivity contribution in [2.45, 2.75) is 26.8 Å². The van der Waals surface area contributed by atoms with Crippen LogP contribution in [0.4, 0.5) is 0 Å². The SMILES string of the molecule is CC(C)C(C)C(N)c1cnc2ccccc2c1. The zero-order chi connectivity index (χ0) is 12.4. The molecular formula is C15H20N2. The van der Waals surface area contributed by atoms with Gasteiger partial charge in [-0.15, -0.1) is 0 Å². The fourth-order valence-corrected chi connectivity index (χ4v) is 1.99. The number of nitrogens with two attached hydrogens (primary N) is 1. The van der Waals surface area contributed by atoms with Crippen LogP contribution in [0.5, 0.6) is 0 Å². The third-order valence-corrected chi connectivity index (χ3v) is 3.61. The van der Waals surface area contributed by atoms with Gasteiger partial charge >= 0.3 is 0 Å². The quantitative estimate of drug-likeness (QED) is 0.872. The van der Waals surface area contributed by atoms with Gasteiger partial charge in [-0.25, -0.2) is 0 Å². The molecule has 0 bridgehead atoms. The van der Waals surface area contributed by atoms with Crippen LogP contribution in [-0.4, -0.2) is 4.98 Å². The zero-order valence-corrected chi connectivity index (χ0v) is 10.7. The van der Waals surface area contributed by atoms with E-state index in [1.165, 1.54) is 0 Å². The van der Waals surface area contributed by atoms with E-state index in [0.29, 0.717) is 11.8 Å². The number of aromatic nitrogens is 1. The molecule has 0 spiro atoms. The average molecular weight is 228 g/mol. The number of para-hydroxylation sites is 1. The highest BCUT2D eigenvalue weighted by Gasteiger charge is 2.18. The maximum Gasteiger partial charge on any atom is 0.0702 e. The molecule has 0 saturated heterocycles. The molecule has 2 heteroatoms. The van der Waals surface area contributed by atoms with Crippen molar-refractivity contribution in [3.8, 4) is 0 Å². The first kappa shape index (κ1) is 12.1. The Morgan fingerprint density at radius 1 is 1.12 bits per heavy atom. The van der Waals surface area contributed by atoms with E-state index in [2.05, 4.69) is 37.9 Å². The molecule has 2 nitrogen and oxygen atoms in total. The first-order chi connectivity index (χ1) is 8.09. The lowest BCUT2D eigenvalue weighted by atomic mass is 9.87. The van der Waals surface area contributed by atoms with Gasteiger partial charge in [-0.2, -0.15) is 0 Å². The van der Waals surface area contributed by atoms with Crippen LogP contribution in [0.25, 0.3) is 10.9 Å². The second-order valence-electron chi connectivity index (χ2n) is 5.09. The Hall–Kier alpha value is -1.41. The van der Waals surface area contributed by atoms with Crippen molar-refractivity contribution < 1.29 is 0 Å². The molecule has 0 amide bonds. The molecule has 2 atom stereocenters. The molecule has 0 radical (unpaired) electrons. The Labute approximate surface area is 103 Å². The molecule has 2 aromatic rings. The second-order valence-corrected chi connectivity index (χ2v) is 5.09. The Morgan fingerprint density at radius 3 is 2.53 bits per heavy atom. The minimum atomic E-state index is 0.0621. The largest absolute Gasteiger partial charge is 0.324 e. The third kappa shape index (κ3) is 2.47. The van der Waals surface area contributed by atoms with Gasteiger partial charge in [-0.1, -0.05) is 39.0 Å². The van der Waals surface area contributed by atoms with Crippen LogP contribution in [0.3, 0.4) is 0 Å². The van der Waals surface area contributed by atoms with Gasteiger partial charge in [0.1, 0.15) is 0 Å². The number of hydrogen-bond donors (Lipinski definition) is 1. The number of benzene rings is 1. The normalized spacial score (nSPS) is 15.1. The predicted molar refractivity (Wildman–Crippen MR) is 72.7 cm³/mol. The van der Waals surface area contributed by atoms with Crippen molar-refractivity contribution in [3.05, 3.63) is 42.1 Å². The van der Waals surface area contributed by atoms with Gasteiger partial charge in [0.2, 0.25) is 0 Å². The summed E-state index contributed by atoms with van der Waals surface area (Å²) in [4.78, 5) is 4.46. The Kier molecular flexibility index (Phi) is 3.43. The molecule has 0 aliphatic rings. The van der Waals surface area contributed by atoms with E-state index in [4.69, 9.17) is 5.73 Å². The molecule has 2 unspecified atom stereocenters. The zero-order valence-electron chi connectivity index (χ0n) is 10.7. The minimum absolute atomic E-state index is 0.0621. The van der Waals surface area contributed by atoms with Crippen molar-refractivity contribution in [3.63, 3.8) is 0 Å². The fourth-order valence-electron chi connectivity index (χ4n) is 1.99. The maximum absolute atomic E-state index is 6.29. The van der Waals surface area contributed by atoms with E-state index < -0.39 is 0 Å². The molecular weight excluding hydrogens is 208 g/mol. The standard InChI is InChI=1S/C15H20N2/c1-10(2)11(3)15(16)13-8-12-6-4-5-7-14(12)17-9-13/h4-11,15H,16H2,1-3H3. The lowest BCUT2D eigenvalue weighted by molar-refractivity contribution is 0.352. The summed E-state index contributed by atoms with van der Waals surface area (Å²) in [5, 5.41) is 1.16. The lowest BCUT2D eigenvalue weighted by Gasteiger charge is -2.23. The van der Waals surface area contributed by atoms with E-state index in [1.54, 1.807) is 0 Å². The molecule has 0 aliphatic heterocycles. The van der Waals surface area contributed by atoms with E-state index >= 15 is 0 Å². The van der Waals surface area contributed by atoms with Crippen LogP contribution in [0.2, 0.25) is 0 Å². The monoisotopic (exact) mass is 228 g/mol. The van der Waals surface area contributed by atoms with E-state index in [0.717, 1.165) is 16.5 Å². The highest BCUT2D eigenvalue weighted by atomic mass is 14.7. The first-order valence-electron chi connectivity index (χ1n) is 6.20. The molecule has 0 fully saturated rings. The molecule has 1 heterocycles. The molecule has 0 saturated carbocycles. The highest BCUT2D eigenvalue weighted by molar-refractivity contribution is 5.78. The first-order valence-corrected chi connectivity index (χ1v) is 6.20. The highest BCUT2D eigenvalue weighted by Crippen LogP contribution is 2.26. The Bertz CT molecular complexity index is 505. The van der Waals surface area contributed by atoms with Crippen LogP contribution in [0.15, 0.2) is 36.5 Å². The maximum atomic E-state index is 6.29. The smallest absolute Gasteiger partial charge is 0.0702 e. The van der Waals surface area contributed by atoms with E-state index in [9.17, 15) is 0 Å². The van der Waals surface area contributed by atoms with Crippen LogP contribution in [0, 0.1) is 11.8 Å². The summed E-state index contributed by atoms with van der Waals surface area (Å²) in [5.74, 6) is 1.04. The van der Waals surface area contributed by atoms with Crippen molar-refractivity contribution in [2.75, 3.05) is 0 Å². The van der Waals surface area contributed by atoms with Gasteiger partial charge in [-0.3, -0.25) is 4.98 Å². The van der Waals surface area contributed by atoms with Crippen LogP contribution in [0.1, 0.15) is 32.4 Å². The van der Waals surface area contributed by atoms with Gasteiger partial charge < -0.3 is 5.73 Å². The number of nitrogens with zero attached hydrogens (tertiary/aromatic N) is 1. The van der Waals surface area contributed by atoms with Crippen LogP contribution < -0.4 is 5.73 Å². The molecule has 17 heavy (non-hydrogen) atoms. The molecule has 2 N–H and O–H groups in total. The summed E-state index contributed by atoms with van der Waals surface area (Å²) in [6.07, 6.45) is 1.91. The molecule has 1 aromatic heterocycles. The summed E-state index contributed by atoms with van der Waals surface area (Å²) in [7, 11) is 0. The molecule has 90 valence electrons. The van der Waals surface area contributed by atoms with Crippen molar-refractivity contribution >= 4 is 10.9 Å². The fraction of sp³-hybridized carbons (Fsp3) is 0.400. The van der Waals surface area contributed by atoms with Crippen molar-refractivity contribution in [2.24, 2.45) is 17.6 Å². The summed E-state index contributed by atoms with van der Waals surface area (Å²) < 4.78 is 0. The topological polar surface area (TPSA) is 38.9 Å². The van der Waals surface area contributed by atoms with E-state index in [1.807, 2.05) is 24.4 Å². The Morgan fingerprint density at radius 2 is 1.82 bits per heavy atom. The number of hydrogen-bond acceptors (Lipinski definition) is 2. The Balaban J connectivity index is 2.36. The summed E-state index contributed by atoms with van der Waals surface area (Å²) in [6, 6.07) is 10.4. The van der Waals surface area contributed by atoms with Gasteiger partial charge in [0.15, 0.2) is 0 Å². The summed E-state index contributed by atoms with van der Waals surface area (Å²) in [5.41, 5.74) is 8.45. The molecule has 2 rings (SSSR count). The minimum Gasteiger partial charge on any atom is -0.324 e. The van der Waals surface area contributed by atoms with E-state index in [-0.39, 0.29) is 6.04 Å².